The van der Waals surface area contributed by atoms with E-state index in [0.717, 1.165) is 33.1 Å². The van der Waals surface area contributed by atoms with E-state index in [9.17, 15) is 0 Å². The minimum atomic E-state index is 0.456. The number of fused-ring (bicyclic) bond motifs is 6. The zero-order valence-electron chi connectivity index (χ0n) is 22.2. The van der Waals surface area contributed by atoms with Gasteiger partial charge in [-0.15, -0.1) is 0 Å². The molecule has 0 atom stereocenters. The standard InChI is InChI=1S/C36H30NO/c1-22(2)24-18-19-37(4)33(21-24)34-23(3)16-17-31-29-14-9-15-30(35(29)38-36(31)34)32-20-25-10-5-6-11-26(25)27-12-7-8-13-28(27)32/h5-22H,1-4H3/q+1. The van der Waals surface area contributed by atoms with Crippen LogP contribution in [0.15, 0.2) is 108 Å². The van der Waals surface area contributed by atoms with Crippen molar-refractivity contribution in [2.45, 2.75) is 26.7 Å². The van der Waals surface area contributed by atoms with Gasteiger partial charge in [-0.1, -0.05) is 92.7 Å². The van der Waals surface area contributed by atoms with Crippen molar-refractivity contribution in [2.24, 2.45) is 7.05 Å². The zero-order valence-corrected chi connectivity index (χ0v) is 22.2. The Hall–Kier alpha value is -4.43. The quantitative estimate of drug-likeness (QED) is 0.177. The van der Waals surface area contributed by atoms with E-state index in [1.165, 1.54) is 43.9 Å². The Balaban J connectivity index is 1.57. The van der Waals surface area contributed by atoms with Gasteiger partial charge >= 0.3 is 0 Å². The Bertz CT molecular complexity index is 2030. The van der Waals surface area contributed by atoms with E-state index in [1.807, 2.05) is 0 Å². The van der Waals surface area contributed by atoms with E-state index in [1.54, 1.807) is 0 Å². The molecule has 2 heteroatoms. The summed E-state index contributed by atoms with van der Waals surface area (Å²) in [5.41, 5.74) is 9.11. The first kappa shape index (κ1) is 22.7. The molecule has 0 bridgehead atoms. The normalized spacial score (nSPS) is 11.9. The lowest BCUT2D eigenvalue weighted by Gasteiger charge is -2.11. The van der Waals surface area contributed by atoms with Gasteiger partial charge in [-0.05, 0) is 57.1 Å². The number of pyridine rings is 1. The summed E-state index contributed by atoms with van der Waals surface area (Å²) in [6.07, 6.45) is 2.16. The Morgan fingerprint density at radius 3 is 2.16 bits per heavy atom. The van der Waals surface area contributed by atoms with Crippen LogP contribution < -0.4 is 4.57 Å². The number of aryl methyl sites for hydroxylation is 2. The summed E-state index contributed by atoms with van der Waals surface area (Å²) in [4.78, 5) is 0. The van der Waals surface area contributed by atoms with E-state index in [0.29, 0.717) is 5.92 Å². The van der Waals surface area contributed by atoms with Gasteiger partial charge in [-0.2, -0.15) is 0 Å². The number of furan rings is 1. The van der Waals surface area contributed by atoms with Crippen molar-refractivity contribution in [3.05, 3.63) is 114 Å². The minimum absolute atomic E-state index is 0.456. The molecule has 0 saturated heterocycles. The number of benzene rings is 5. The molecule has 2 nitrogen and oxygen atoms in total. The van der Waals surface area contributed by atoms with Crippen LogP contribution in [0.4, 0.5) is 0 Å². The Morgan fingerprint density at radius 2 is 1.34 bits per heavy atom. The minimum Gasteiger partial charge on any atom is -0.454 e. The summed E-state index contributed by atoms with van der Waals surface area (Å²) in [5.74, 6) is 0.456. The number of hydrogen-bond donors (Lipinski definition) is 0. The fraction of sp³-hybridized carbons (Fsp3) is 0.139. The number of nitrogens with zero attached hydrogens (tertiary/aromatic N) is 1. The molecule has 38 heavy (non-hydrogen) atoms. The summed E-state index contributed by atoms with van der Waals surface area (Å²) in [6, 6.07) is 35.2. The first-order valence-corrected chi connectivity index (χ1v) is 13.4. The molecule has 5 aromatic carbocycles. The molecule has 0 saturated carbocycles. The van der Waals surface area contributed by atoms with Crippen molar-refractivity contribution >= 4 is 43.5 Å². The van der Waals surface area contributed by atoms with Crippen LogP contribution in [0.25, 0.3) is 65.9 Å². The number of rotatable bonds is 3. The molecule has 7 rings (SSSR count). The average molecular weight is 493 g/mol. The molecule has 0 unspecified atom stereocenters. The molecule has 0 fully saturated rings. The molecular weight excluding hydrogens is 462 g/mol. The second kappa shape index (κ2) is 8.56. The predicted octanol–water partition coefficient (Wildman–Crippen LogP) is 9.48. The molecule has 0 N–H and O–H groups in total. The molecule has 0 aliphatic heterocycles. The van der Waals surface area contributed by atoms with Gasteiger partial charge in [0.2, 0.25) is 5.69 Å². The molecular formula is C36H30NO+. The third-order valence-electron chi connectivity index (χ3n) is 8.03. The number of hydrogen-bond acceptors (Lipinski definition) is 1. The number of para-hydroxylation sites is 1. The molecule has 7 aromatic rings. The van der Waals surface area contributed by atoms with Crippen molar-refractivity contribution in [3.8, 4) is 22.4 Å². The van der Waals surface area contributed by atoms with Gasteiger partial charge in [0.1, 0.15) is 18.2 Å². The van der Waals surface area contributed by atoms with Crippen molar-refractivity contribution in [1.82, 2.24) is 0 Å². The summed E-state index contributed by atoms with van der Waals surface area (Å²) in [5, 5.41) is 7.33. The van der Waals surface area contributed by atoms with Gasteiger partial charge < -0.3 is 4.42 Å². The van der Waals surface area contributed by atoms with E-state index >= 15 is 0 Å². The summed E-state index contributed by atoms with van der Waals surface area (Å²) < 4.78 is 9.11. The summed E-state index contributed by atoms with van der Waals surface area (Å²) in [6.45, 7) is 6.67. The highest BCUT2D eigenvalue weighted by Gasteiger charge is 2.23. The second-order valence-corrected chi connectivity index (χ2v) is 10.7. The van der Waals surface area contributed by atoms with Gasteiger partial charge in [0, 0.05) is 28.5 Å². The fourth-order valence-corrected chi connectivity index (χ4v) is 5.96. The summed E-state index contributed by atoms with van der Waals surface area (Å²) in [7, 11) is 2.12. The zero-order chi connectivity index (χ0) is 26.0. The van der Waals surface area contributed by atoms with Crippen LogP contribution in [0.2, 0.25) is 0 Å². The van der Waals surface area contributed by atoms with Crippen LogP contribution in [0.3, 0.4) is 0 Å². The SMILES string of the molecule is Cc1ccc2c(oc3c(-c4cc5ccccc5c5ccccc45)cccc32)c1-c1cc(C(C)C)cc[n+]1C. The third kappa shape index (κ3) is 3.37. The lowest BCUT2D eigenvalue weighted by molar-refractivity contribution is -0.660. The molecule has 2 aromatic heterocycles. The van der Waals surface area contributed by atoms with Crippen LogP contribution in [0.5, 0.6) is 0 Å². The molecule has 0 radical (unpaired) electrons. The summed E-state index contributed by atoms with van der Waals surface area (Å²) >= 11 is 0. The smallest absolute Gasteiger partial charge is 0.216 e. The Labute approximate surface area is 222 Å². The Kier molecular flexibility index (Phi) is 5.13. The first-order valence-electron chi connectivity index (χ1n) is 13.4. The maximum absolute atomic E-state index is 6.91. The molecule has 0 aliphatic rings. The van der Waals surface area contributed by atoms with Crippen LogP contribution in [0, 0.1) is 6.92 Å². The molecule has 0 amide bonds. The molecule has 2 heterocycles. The molecule has 0 aliphatic carbocycles. The average Bonchev–Trinajstić information content (AvgIpc) is 3.32. The highest BCUT2D eigenvalue weighted by atomic mass is 16.3. The van der Waals surface area contributed by atoms with E-state index < -0.39 is 0 Å². The largest absolute Gasteiger partial charge is 0.454 e. The van der Waals surface area contributed by atoms with Gasteiger partial charge in [-0.25, -0.2) is 4.57 Å². The lowest BCUT2D eigenvalue weighted by atomic mass is 9.92. The Morgan fingerprint density at radius 1 is 0.632 bits per heavy atom. The van der Waals surface area contributed by atoms with Crippen LogP contribution in [-0.2, 0) is 7.05 Å². The molecule has 0 spiro atoms. The maximum Gasteiger partial charge on any atom is 0.216 e. The van der Waals surface area contributed by atoms with Gasteiger partial charge in [0.25, 0.3) is 0 Å². The van der Waals surface area contributed by atoms with E-state index in [4.69, 9.17) is 4.42 Å². The van der Waals surface area contributed by atoms with Gasteiger partial charge in [0.15, 0.2) is 6.20 Å². The fourth-order valence-electron chi connectivity index (χ4n) is 5.96. The molecule has 184 valence electrons. The third-order valence-corrected chi connectivity index (χ3v) is 8.03. The van der Waals surface area contributed by atoms with Crippen molar-refractivity contribution in [2.75, 3.05) is 0 Å². The van der Waals surface area contributed by atoms with Gasteiger partial charge in [0.05, 0.1) is 5.56 Å². The van der Waals surface area contributed by atoms with Crippen LogP contribution in [0.1, 0.15) is 30.9 Å². The van der Waals surface area contributed by atoms with Crippen LogP contribution >= 0.6 is 0 Å². The predicted molar refractivity (Wildman–Crippen MR) is 160 cm³/mol. The van der Waals surface area contributed by atoms with Crippen molar-refractivity contribution in [3.63, 3.8) is 0 Å². The monoisotopic (exact) mass is 492 g/mol. The highest BCUT2D eigenvalue weighted by Crippen LogP contribution is 2.43. The van der Waals surface area contributed by atoms with E-state index in [2.05, 4.69) is 136 Å². The second-order valence-electron chi connectivity index (χ2n) is 10.7. The lowest BCUT2D eigenvalue weighted by Crippen LogP contribution is -2.31. The van der Waals surface area contributed by atoms with Gasteiger partial charge in [-0.3, -0.25) is 0 Å². The van der Waals surface area contributed by atoms with Crippen LogP contribution in [-0.4, -0.2) is 0 Å². The van der Waals surface area contributed by atoms with E-state index in [-0.39, 0.29) is 0 Å². The first-order chi connectivity index (χ1) is 18.5. The maximum atomic E-state index is 6.91. The topological polar surface area (TPSA) is 17.0 Å². The van der Waals surface area contributed by atoms with Crippen molar-refractivity contribution in [1.29, 1.82) is 0 Å². The van der Waals surface area contributed by atoms with Crippen molar-refractivity contribution < 1.29 is 8.98 Å². The highest BCUT2D eigenvalue weighted by molar-refractivity contribution is 6.18. The number of aromatic nitrogens is 1.